The Labute approximate surface area is 177 Å². The molecule has 4 unspecified atom stereocenters. The average Bonchev–Trinajstić information content (AvgIpc) is 3.38. The van der Waals surface area contributed by atoms with Crippen LogP contribution in [0.15, 0.2) is 48.5 Å². The lowest BCUT2D eigenvalue weighted by molar-refractivity contribution is -0.120. The summed E-state index contributed by atoms with van der Waals surface area (Å²) < 4.78 is 32.3. The van der Waals surface area contributed by atoms with E-state index in [9.17, 15) is 14.4 Å². The van der Waals surface area contributed by atoms with E-state index in [4.69, 9.17) is 28.4 Å². The van der Waals surface area contributed by atoms with Gasteiger partial charge < -0.3 is 28.4 Å². The Morgan fingerprint density at radius 3 is 1.68 bits per heavy atom. The van der Waals surface area contributed by atoms with Crippen LogP contribution in [0.2, 0.25) is 0 Å². The fraction of sp³-hybridized carbons (Fsp3) is 0.318. The highest BCUT2D eigenvalue weighted by Gasteiger charge is 2.51. The number of fused-ring (bicyclic) bond motifs is 1. The first-order chi connectivity index (χ1) is 15.1. The first kappa shape index (κ1) is 20.8. The minimum absolute atomic E-state index is 0.129. The summed E-state index contributed by atoms with van der Waals surface area (Å²) in [5.41, 5.74) is 0.675. The van der Waals surface area contributed by atoms with Gasteiger partial charge in [0.05, 0.1) is 31.5 Å². The molecule has 2 saturated heterocycles. The molecule has 0 saturated carbocycles. The topological polar surface area (TPSA) is 107 Å². The number of esters is 2. The number of benzene rings is 2. The van der Waals surface area contributed by atoms with Crippen LogP contribution in [0.25, 0.3) is 0 Å². The molecule has 0 aromatic heterocycles. The minimum atomic E-state index is -0.631. The standard InChI is InChI=1S/C22H20O9/c1-26-15-6-2-13(3-7-15)21(24)30-17-10-27-20-18(11-28-19(17)20)31-22(25)14-4-8-16(9-5-14)29-12-23/h2-9,12,17-20H,10-11H2,1H3. The zero-order chi connectivity index (χ0) is 21.8. The Kier molecular flexibility index (Phi) is 6.15. The Balaban J connectivity index is 1.33. The van der Waals surface area contributed by atoms with Crippen LogP contribution in [-0.2, 0) is 23.7 Å². The van der Waals surface area contributed by atoms with Crippen LogP contribution in [0.5, 0.6) is 11.5 Å². The van der Waals surface area contributed by atoms with E-state index in [1.807, 2.05) is 0 Å². The fourth-order valence-electron chi connectivity index (χ4n) is 3.49. The quantitative estimate of drug-likeness (QED) is 0.482. The van der Waals surface area contributed by atoms with Gasteiger partial charge in [0.1, 0.15) is 23.7 Å². The van der Waals surface area contributed by atoms with Crippen LogP contribution < -0.4 is 9.47 Å². The number of carbonyl (C=O) groups excluding carboxylic acids is 3. The van der Waals surface area contributed by atoms with Crippen LogP contribution in [0.1, 0.15) is 20.7 Å². The van der Waals surface area contributed by atoms with E-state index in [1.165, 1.54) is 24.3 Å². The van der Waals surface area contributed by atoms with Gasteiger partial charge in [-0.15, -0.1) is 0 Å². The van der Waals surface area contributed by atoms with Crippen LogP contribution in [0.4, 0.5) is 0 Å². The highest BCUT2D eigenvalue weighted by atomic mass is 16.7. The van der Waals surface area contributed by atoms with E-state index in [0.29, 0.717) is 29.1 Å². The molecule has 2 aromatic carbocycles. The van der Waals surface area contributed by atoms with Gasteiger partial charge in [0, 0.05) is 0 Å². The van der Waals surface area contributed by atoms with E-state index in [-0.39, 0.29) is 13.2 Å². The van der Waals surface area contributed by atoms with Gasteiger partial charge in [-0.3, -0.25) is 4.79 Å². The number of ether oxygens (including phenoxy) is 6. The van der Waals surface area contributed by atoms with Crippen molar-refractivity contribution in [3.8, 4) is 11.5 Å². The lowest BCUT2D eigenvalue weighted by Crippen LogP contribution is -2.36. The molecule has 2 aromatic rings. The van der Waals surface area contributed by atoms with Gasteiger partial charge in [-0.2, -0.15) is 0 Å². The first-order valence-electron chi connectivity index (χ1n) is 9.58. The van der Waals surface area contributed by atoms with E-state index in [2.05, 4.69) is 0 Å². The molecule has 0 spiro atoms. The normalized spacial score (nSPS) is 24.2. The molecule has 0 aliphatic carbocycles. The van der Waals surface area contributed by atoms with Crippen molar-refractivity contribution in [1.82, 2.24) is 0 Å². The zero-order valence-corrected chi connectivity index (χ0v) is 16.6. The summed E-state index contributed by atoms with van der Waals surface area (Å²) in [4.78, 5) is 35.2. The molecule has 2 aliphatic heterocycles. The highest BCUT2D eigenvalue weighted by molar-refractivity contribution is 5.90. The Bertz CT molecular complexity index is 938. The fourth-order valence-corrected chi connectivity index (χ4v) is 3.49. The van der Waals surface area contributed by atoms with Crippen molar-refractivity contribution in [1.29, 1.82) is 0 Å². The van der Waals surface area contributed by atoms with Crippen molar-refractivity contribution < 1.29 is 42.8 Å². The summed E-state index contributed by atoms with van der Waals surface area (Å²) in [5.74, 6) is -0.111. The molecule has 2 fully saturated rings. The van der Waals surface area contributed by atoms with E-state index >= 15 is 0 Å². The second-order valence-electron chi connectivity index (χ2n) is 6.95. The zero-order valence-electron chi connectivity index (χ0n) is 16.6. The maximum Gasteiger partial charge on any atom is 0.338 e. The Morgan fingerprint density at radius 2 is 1.26 bits per heavy atom. The van der Waals surface area contributed by atoms with Crippen LogP contribution in [0.3, 0.4) is 0 Å². The average molecular weight is 428 g/mol. The number of hydrogen-bond acceptors (Lipinski definition) is 9. The molecule has 2 heterocycles. The lowest BCUT2D eigenvalue weighted by Gasteiger charge is -2.17. The summed E-state index contributed by atoms with van der Waals surface area (Å²) in [6.07, 6.45) is -2.30. The molecule has 4 rings (SSSR count). The SMILES string of the molecule is COc1ccc(C(=O)OC2COC3C(OC(=O)c4ccc(OC=O)cc4)COC23)cc1. The maximum atomic E-state index is 12.4. The van der Waals surface area contributed by atoms with Crippen LogP contribution in [0, 0.1) is 0 Å². The summed E-state index contributed by atoms with van der Waals surface area (Å²) >= 11 is 0. The van der Waals surface area contributed by atoms with Gasteiger partial charge in [-0.1, -0.05) is 0 Å². The molecule has 0 bridgehead atoms. The Morgan fingerprint density at radius 1 is 0.806 bits per heavy atom. The molecule has 0 radical (unpaired) electrons. The largest absolute Gasteiger partial charge is 0.497 e. The molecule has 4 atom stereocenters. The first-order valence-corrected chi connectivity index (χ1v) is 9.58. The monoisotopic (exact) mass is 428 g/mol. The van der Waals surface area contributed by atoms with E-state index in [0.717, 1.165) is 0 Å². The molecular weight excluding hydrogens is 408 g/mol. The smallest absolute Gasteiger partial charge is 0.338 e. The van der Waals surface area contributed by atoms with Gasteiger partial charge >= 0.3 is 11.9 Å². The third-order valence-electron chi connectivity index (χ3n) is 5.08. The van der Waals surface area contributed by atoms with Crippen molar-refractivity contribution >= 4 is 18.4 Å². The van der Waals surface area contributed by atoms with Crippen molar-refractivity contribution in [3.63, 3.8) is 0 Å². The van der Waals surface area contributed by atoms with E-state index < -0.39 is 36.4 Å². The second kappa shape index (κ2) is 9.15. The van der Waals surface area contributed by atoms with Gasteiger partial charge in [0.15, 0.2) is 12.2 Å². The molecule has 2 aliphatic rings. The lowest BCUT2D eigenvalue weighted by atomic mass is 10.1. The van der Waals surface area contributed by atoms with Gasteiger partial charge in [0.25, 0.3) is 6.47 Å². The predicted molar refractivity (Wildman–Crippen MR) is 104 cm³/mol. The van der Waals surface area contributed by atoms with Crippen molar-refractivity contribution in [2.75, 3.05) is 20.3 Å². The van der Waals surface area contributed by atoms with Crippen LogP contribution in [-0.4, -0.2) is 63.2 Å². The summed E-state index contributed by atoms with van der Waals surface area (Å²) in [6.45, 7) is 0.575. The maximum absolute atomic E-state index is 12.4. The number of hydrogen-bond donors (Lipinski definition) is 0. The predicted octanol–water partition coefficient (Wildman–Crippen LogP) is 1.78. The second-order valence-corrected chi connectivity index (χ2v) is 6.95. The number of carbonyl (C=O) groups is 3. The van der Waals surface area contributed by atoms with Crippen molar-refractivity contribution in [2.45, 2.75) is 24.4 Å². The van der Waals surface area contributed by atoms with Gasteiger partial charge in [0.2, 0.25) is 0 Å². The molecule has 31 heavy (non-hydrogen) atoms. The summed E-state index contributed by atoms with van der Waals surface area (Å²) in [5, 5.41) is 0. The molecule has 9 heteroatoms. The molecule has 162 valence electrons. The van der Waals surface area contributed by atoms with Crippen LogP contribution >= 0.6 is 0 Å². The van der Waals surface area contributed by atoms with Crippen molar-refractivity contribution in [2.24, 2.45) is 0 Å². The minimum Gasteiger partial charge on any atom is -0.497 e. The summed E-state index contributed by atoms with van der Waals surface area (Å²) in [7, 11) is 1.54. The third-order valence-corrected chi connectivity index (χ3v) is 5.08. The van der Waals surface area contributed by atoms with Gasteiger partial charge in [-0.25, -0.2) is 9.59 Å². The molecule has 9 nitrogen and oxygen atoms in total. The van der Waals surface area contributed by atoms with E-state index in [1.54, 1.807) is 31.4 Å². The molecule has 0 N–H and O–H groups in total. The summed E-state index contributed by atoms with van der Waals surface area (Å²) in [6, 6.07) is 12.5. The van der Waals surface area contributed by atoms with Crippen molar-refractivity contribution in [3.05, 3.63) is 59.7 Å². The van der Waals surface area contributed by atoms with Gasteiger partial charge in [-0.05, 0) is 48.5 Å². The Hall–Kier alpha value is -3.43. The highest BCUT2D eigenvalue weighted by Crippen LogP contribution is 2.31. The number of rotatable bonds is 7. The molecular formula is C22H20O9. The third kappa shape index (κ3) is 4.52. The molecule has 0 amide bonds. The number of methoxy groups -OCH3 is 1.